The Hall–Kier alpha value is -4.01. The summed E-state index contributed by atoms with van der Waals surface area (Å²) < 4.78 is 11.1. The van der Waals surface area contributed by atoms with Gasteiger partial charge in [-0.15, -0.1) is 0 Å². The van der Waals surface area contributed by atoms with Crippen molar-refractivity contribution in [2.75, 3.05) is 62.4 Å². The van der Waals surface area contributed by atoms with E-state index in [9.17, 15) is 0 Å². The largest absolute Gasteiger partial charge is 0.378 e. The minimum atomic E-state index is 0.731. The van der Waals surface area contributed by atoms with E-state index in [-0.39, 0.29) is 0 Å². The Morgan fingerprint density at radius 3 is 2.03 bits per heavy atom. The summed E-state index contributed by atoms with van der Waals surface area (Å²) in [5.41, 5.74) is 8.01. The first-order valence-corrected chi connectivity index (χ1v) is 12.8. The van der Waals surface area contributed by atoms with Crippen molar-refractivity contribution < 1.29 is 9.47 Å². The number of morpholine rings is 2. The summed E-state index contributed by atoms with van der Waals surface area (Å²) in [6.07, 6.45) is 3.70. The highest BCUT2D eigenvalue weighted by atomic mass is 16.5. The number of aromatic nitrogens is 4. The highest BCUT2D eigenvalue weighted by Gasteiger charge is 2.19. The third kappa shape index (κ3) is 4.08. The fraction of sp³-hybridized carbons (Fsp3) is 0.276. The summed E-state index contributed by atoms with van der Waals surface area (Å²) in [5, 5.41) is 2.23. The van der Waals surface area contributed by atoms with Crippen molar-refractivity contribution >= 4 is 33.3 Å². The molecule has 2 aliphatic heterocycles. The van der Waals surface area contributed by atoms with Gasteiger partial charge in [0.15, 0.2) is 0 Å². The topological polar surface area (TPSA) is 79.4 Å². The number of anilines is 2. The monoisotopic (exact) mass is 492 g/mol. The van der Waals surface area contributed by atoms with Crippen LogP contribution in [0.15, 0.2) is 67.0 Å². The van der Waals surface area contributed by atoms with E-state index in [1.165, 1.54) is 0 Å². The number of nitrogens with one attached hydrogen (secondary N) is 1. The minimum Gasteiger partial charge on any atom is -0.378 e. The molecule has 2 saturated heterocycles. The van der Waals surface area contributed by atoms with Crippen LogP contribution in [0.25, 0.3) is 44.6 Å². The van der Waals surface area contributed by atoms with E-state index in [1.54, 1.807) is 0 Å². The quantitative estimate of drug-likeness (QED) is 0.395. The van der Waals surface area contributed by atoms with Crippen molar-refractivity contribution in [2.45, 2.75) is 0 Å². The number of benzene rings is 1. The minimum absolute atomic E-state index is 0.731. The van der Waals surface area contributed by atoms with Crippen LogP contribution in [0.5, 0.6) is 0 Å². The number of H-pyrrole nitrogens is 1. The molecule has 4 aromatic heterocycles. The lowest BCUT2D eigenvalue weighted by atomic mass is 10.0. The molecule has 6 heterocycles. The molecule has 186 valence electrons. The molecule has 0 spiro atoms. The fourth-order valence-corrected chi connectivity index (χ4v) is 5.39. The Morgan fingerprint density at radius 1 is 0.676 bits per heavy atom. The Balaban J connectivity index is 1.29. The van der Waals surface area contributed by atoms with Gasteiger partial charge >= 0.3 is 0 Å². The Bertz CT molecular complexity index is 1570. The normalized spacial score (nSPS) is 16.5. The maximum Gasteiger partial charge on any atom is 0.139 e. The fourth-order valence-electron chi connectivity index (χ4n) is 5.39. The molecule has 1 aromatic carbocycles. The van der Waals surface area contributed by atoms with Gasteiger partial charge in [0, 0.05) is 60.4 Å². The second kappa shape index (κ2) is 9.46. The van der Waals surface area contributed by atoms with Gasteiger partial charge in [-0.1, -0.05) is 6.07 Å². The Kier molecular flexibility index (Phi) is 5.68. The van der Waals surface area contributed by atoms with Gasteiger partial charge < -0.3 is 24.3 Å². The average molecular weight is 493 g/mol. The third-order valence-corrected chi connectivity index (χ3v) is 7.25. The highest BCUT2D eigenvalue weighted by Crippen LogP contribution is 2.35. The molecule has 1 N–H and O–H groups in total. The molecule has 0 radical (unpaired) electrons. The van der Waals surface area contributed by atoms with E-state index >= 15 is 0 Å². The summed E-state index contributed by atoms with van der Waals surface area (Å²) in [6, 6.07) is 19.0. The summed E-state index contributed by atoms with van der Waals surface area (Å²) in [4.78, 5) is 22.7. The number of nitrogens with zero attached hydrogens (tertiary/aromatic N) is 5. The maximum atomic E-state index is 5.56. The van der Waals surface area contributed by atoms with Crippen molar-refractivity contribution in [3.8, 4) is 22.6 Å². The average Bonchev–Trinajstić information content (AvgIpc) is 3.35. The molecule has 0 saturated carbocycles. The van der Waals surface area contributed by atoms with Gasteiger partial charge in [0.05, 0.1) is 49.2 Å². The standard InChI is InChI=1S/C29H28N6O2/c1-3-25(34-11-15-36-16-12-34)27(30-9-1)20-5-7-23-22(19-20)21-6-8-24(33-29(21)32-23)28-26(4-2-10-31-28)35-13-17-37-18-14-35/h1-10,19H,11-18H2,(H,32,33). The molecule has 8 nitrogen and oxygen atoms in total. The number of ether oxygens (including phenoxy) is 2. The molecule has 5 aromatic rings. The summed E-state index contributed by atoms with van der Waals surface area (Å²) in [6.45, 7) is 6.41. The van der Waals surface area contributed by atoms with Crippen LogP contribution in [0.2, 0.25) is 0 Å². The molecule has 0 atom stereocenters. The molecule has 0 aliphatic carbocycles. The number of hydrogen-bond donors (Lipinski definition) is 1. The van der Waals surface area contributed by atoms with Crippen molar-refractivity contribution in [3.05, 3.63) is 67.0 Å². The van der Waals surface area contributed by atoms with Gasteiger partial charge in [0.25, 0.3) is 0 Å². The number of hydrogen-bond acceptors (Lipinski definition) is 7. The molecular formula is C29H28N6O2. The van der Waals surface area contributed by atoms with E-state index in [1.807, 2.05) is 24.5 Å². The number of fused-ring (bicyclic) bond motifs is 3. The van der Waals surface area contributed by atoms with Gasteiger partial charge in [-0.3, -0.25) is 9.97 Å². The molecule has 8 heteroatoms. The van der Waals surface area contributed by atoms with E-state index in [2.05, 4.69) is 57.2 Å². The summed E-state index contributed by atoms with van der Waals surface area (Å²) >= 11 is 0. The predicted molar refractivity (Wildman–Crippen MR) is 146 cm³/mol. The molecular weight excluding hydrogens is 464 g/mol. The molecule has 0 amide bonds. The molecule has 0 unspecified atom stereocenters. The second-order valence-corrected chi connectivity index (χ2v) is 9.42. The second-order valence-electron chi connectivity index (χ2n) is 9.42. The van der Waals surface area contributed by atoms with Crippen LogP contribution in [0, 0.1) is 0 Å². The highest BCUT2D eigenvalue weighted by molar-refractivity contribution is 6.08. The van der Waals surface area contributed by atoms with E-state index in [0.29, 0.717) is 0 Å². The first-order chi connectivity index (χ1) is 18.3. The molecule has 7 rings (SSSR count). The summed E-state index contributed by atoms with van der Waals surface area (Å²) in [7, 11) is 0. The lowest BCUT2D eigenvalue weighted by molar-refractivity contribution is 0.122. The maximum absolute atomic E-state index is 5.56. The van der Waals surface area contributed by atoms with Crippen LogP contribution in [-0.2, 0) is 9.47 Å². The van der Waals surface area contributed by atoms with Crippen LogP contribution >= 0.6 is 0 Å². The zero-order valence-electron chi connectivity index (χ0n) is 20.6. The predicted octanol–water partition coefficient (Wildman–Crippen LogP) is 4.51. The number of pyridine rings is 3. The van der Waals surface area contributed by atoms with Gasteiger partial charge in [0.1, 0.15) is 11.3 Å². The number of rotatable bonds is 4. The van der Waals surface area contributed by atoms with Crippen LogP contribution in [0.3, 0.4) is 0 Å². The summed E-state index contributed by atoms with van der Waals surface area (Å²) in [5.74, 6) is 0. The van der Waals surface area contributed by atoms with Crippen molar-refractivity contribution in [1.29, 1.82) is 0 Å². The van der Waals surface area contributed by atoms with Gasteiger partial charge in [-0.05, 0) is 48.5 Å². The first kappa shape index (κ1) is 22.2. The van der Waals surface area contributed by atoms with Gasteiger partial charge in [-0.2, -0.15) is 0 Å². The molecule has 2 fully saturated rings. The van der Waals surface area contributed by atoms with Crippen molar-refractivity contribution in [3.63, 3.8) is 0 Å². The number of aromatic amines is 1. The van der Waals surface area contributed by atoms with Crippen LogP contribution in [-0.4, -0.2) is 72.5 Å². The zero-order valence-corrected chi connectivity index (χ0v) is 20.6. The van der Waals surface area contributed by atoms with Crippen molar-refractivity contribution in [2.24, 2.45) is 0 Å². The first-order valence-electron chi connectivity index (χ1n) is 12.8. The zero-order chi connectivity index (χ0) is 24.6. The smallest absolute Gasteiger partial charge is 0.139 e. The lowest BCUT2D eigenvalue weighted by Gasteiger charge is -2.30. The lowest BCUT2D eigenvalue weighted by Crippen LogP contribution is -2.36. The van der Waals surface area contributed by atoms with Crippen LogP contribution < -0.4 is 9.80 Å². The molecule has 2 aliphatic rings. The third-order valence-electron chi connectivity index (χ3n) is 7.25. The van der Waals surface area contributed by atoms with Crippen molar-refractivity contribution in [1.82, 2.24) is 19.9 Å². The Labute approximate surface area is 214 Å². The van der Waals surface area contributed by atoms with Crippen LogP contribution in [0.1, 0.15) is 0 Å². The van der Waals surface area contributed by atoms with E-state index < -0.39 is 0 Å². The molecule has 37 heavy (non-hydrogen) atoms. The van der Waals surface area contributed by atoms with E-state index in [0.717, 1.165) is 109 Å². The van der Waals surface area contributed by atoms with Gasteiger partial charge in [-0.25, -0.2) is 4.98 Å². The SMILES string of the molecule is c1cnc(-c2ccc3[nH]c4nc(-c5ncccc5N5CCOCC5)ccc4c3c2)c(N2CCOCC2)c1. The van der Waals surface area contributed by atoms with Crippen LogP contribution in [0.4, 0.5) is 11.4 Å². The van der Waals surface area contributed by atoms with E-state index in [4.69, 9.17) is 24.4 Å². The van der Waals surface area contributed by atoms with Gasteiger partial charge in [0.2, 0.25) is 0 Å². The Morgan fingerprint density at radius 2 is 1.32 bits per heavy atom. The molecule has 0 bridgehead atoms.